The second kappa shape index (κ2) is 24.7. The Hall–Kier alpha value is -0.660. The van der Waals surface area contributed by atoms with Gasteiger partial charge in [0.15, 0.2) is 0 Å². The van der Waals surface area contributed by atoms with Gasteiger partial charge in [0, 0.05) is 25.0 Å². The lowest BCUT2D eigenvalue weighted by Crippen LogP contribution is -2.42. The molecule has 2 heteroatoms. The van der Waals surface area contributed by atoms with Gasteiger partial charge in [-0.15, -0.1) is 0 Å². The number of nitrogens with zero attached hydrogens (tertiary/aromatic N) is 2. The molecule has 0 saturated carbocycles. The molecule has 0 fully saturated rings. The maximum Gasteiger partial charge on any atom is 0.101 e. The third-order valence-electron chi connectivity index (χ3n) is 8.34. The Kier molecular flexibility index (Phi) is 22.9. The average Bonchev–Trinajstić information content (AvgIpc) is 3.28. The lowest BCUT2D eigenvalue weighted by Gasteiger charge is -2.35. The minimum atomic E-state index is 0.607. The molecule has 214 valence electrons. The number of rotatable bonds is 27. The molecule has 0 saturated heterocycles. The highest BCUT2D eigenvalue weighted by molar-refractivity contribution is 4.98. The summed E-state index contributed by atoms with van der Waals surface area (Å²) in [5.41, 5.74) is 0. The van der Waals surface area contributed by atoms with Gasteiger partial charge in [-0.25, -0.2) is 0 Å². The summed E-state index contributed by atoms with van der Waals surface area (Å²) >= 11 is 0. The first-order valence-electron chi connectivity index (χ1n) is 16.9. The van der Waals surface area contributed by atoms with Crippen molar-refractivity contribution in [3.05, 3.63) is 12.4 Å². The van der Waals surface area contributed by atoms with Crippen LogP contribution in [-0.4, -0.2) is 28.6 Å². The van der Waals surface area contributed by atoms with E-state index in [2.05, 4.69) is 49.9 Å². The second-order valence-corrected chi connectivity index (χ2v) is 12.1. The lowest BCUT2D eigenvalue weighted by molar-refractivity contribution is 0.114. The van der Waals surface area contributed by atoms with Gasteiger partial charge in [-0.1, -0.05) is 155 Å². The molecule has 1 rings (SSSR count). The van der Waals surface area contributed by atoms with Crippen LogP contribution < -0.4 is 0 Å². The van der Waals surface area contributed by atoms with Crippen molar-refractivity contribution < 1.29 is 0 Å². The molecule has 0 bridgehead atoms. The summed E-state index contributed by atoms with van der Waals surface area (Å²) in [6.45, 7) is 10.6. The lowest BCUT2D eigenvalue weighted by atomic mass is 10.0. The molecule has 1 atom stereocenters. The van der Waals surface area contributed by atoms with Crippen molar-refractivity contribution in [2.24, 2.45) is 0 Å². The van der Waals surface area contributed by atoms with E-state index in [1.807, 2.05) is 0 Å². The zero-order valence-electron chi connectivity index (χ0n) is 25.6. The van der Waals surface area contributed by atoms with E-state index in [1.54, 1.807) is 0 Å². The standard InChI is InChI=1S/C34H68N2/c1-5-7-9-11-13-14-15-16-17-18-19-20-21-22-23-25-27-29-34-35(31-32-36(34)33(3)4)30-28-26-24-12-10-8-6-2/h31-34H,5-30H2,1-4H3. The van der Waals surface area contributed by atoms with Crippen molar-refractivity contribution in [3.63, 3.8) is 0 Å². The minimum Gasteiger partial charge on any atom is -0.356 e. The second-order valence-electron chi connectivity index (χ2n) is 12.1. The molecule has 0 aromatic heterocycles. The van der Waals surface area contributed by atoms with Crippen LogP contribution in [0.5, 0.6) is 0 Å². The molecule has 0 amide bonds. The van der Waals surface area contributed by atoms with E-state index < -0.39 is 0 Å². The molecule has 0 aromatic rings. The number of unbranched alkanes of at least 4 members (excludes halogenated alkanes) is 22. The highest BCUT2D eigenvalue weighted by atomic mass is 15.4. The molecule has 2 nitrogen and oxygen atoms in total. The topological polar surface area (TPSA) is 6.48 Å². The van der Waals surface area contributed by atoms with Crippen molar-refractivity contribution in [1.82, 2.24) is 9.80 Å². The first-order chi connectivity index (χ1) is 17.7. The summed E-state index contributed by atoms with van der Waals surface area (Å²) in [4.78, 5) is 5.26. The Bertz CT molecular complexity index is 472. The molecule has 1 aliphatic heterocycles. The highest BCUT2D eigenvalue weighted by Crippen LogP contribution is 2.25. The average molecular weight is 505 g/mol. The van der Waals surface area contributed by atoms with Crippen LogP contribution in [0.2, 0.25) is 0 Å². The molecular formula is C34H68N2. The fourth-order valence-electron chi connectivity index (χ4n) is 5.89. The zero-order valence-corrected chi connectivity index (χ0v) is 25.6. The molecule has 0 aromatic carbocycles. The van der Waals surface area contributed by atoms with Crippen LogP contribution in [0.15, 0.2) is 12.4 Å². The van der Waals surface area contributed by atoms with Gasteiger partial charge >= 0.3 is 0 Å². The third kappa shape index (κ3) is 17.7. The van der Waals surface area contributed by atoms with Crippen LogP contribution in [0, 0.1) is 0 Å². The molecular weight excluding hydrogens is 436 g/mol. The molecule has 0 aliphatic carbocycles. The normalized spacial score (nSPS) is 15.6. The zero-order chi connectivity index (χ0) is 26.1. The van der Waals surface area contributed by atoms with Gasteiger partial charge in [-0.3, -0.25) is 0 Å². The largest absolute Gasteiger partial charge is 0.356 e. The molecule has 1 heterocycles. The first-order valence-corrected chi connectivity index (χ1v) is 16.9. The summed E-state index contributed by atoms with van der Waals surface area (Å²) in [6, 6.07) is 0.607. The van der Waals surface area contributed by atoms with Crippen LogP contribution in [0.1, 0.15) is 188 Å². The Morgan fingerprint density at radius 1 is 0.472 bits per heavy atom. The van der Waals surface area contributed by atoms with Gasteiger partial charge in [0.25, 0.3) is 0 Å². The van der Waals surface area contributed by atoms with Crippen molar-refractivity contribution in [1.29, 1.82) is 0 Å². The van der Waals surface area contributed by atoms with E-state index in [-0.39, 0.29) is 0 Å². The van der Waals surface area contributed by atoms with Gasteiger partial charge in [-0.2, -0.15) is 0 Å². The van der Waals surface area contributed by atoms with Gasteiger partial charge in [0.2, 0.25) is 0 Å². The molecule has 36 heavy (non-hydrogen) atoms. The van der Waals surface area contributed by atoms with Gasteiger partial charge in [0.1, 0.15) is 6.17 Å². The third-order valence-corrected chi connectivity index (χ3v) is 8.34. The molecule has 0 N–H and O–H groups in total. The van der Waals surface area contributed by atoms with Crippen molar-refractivity contribution in [2.45, 2.75) is 200 Å². The van der Waals surface area contributed by atoms with E-state index in [0.29, 0.717) is 12.2 Å². The monoisotopic (exact) mass is 505 g/mol. The van der Waals surface area contributed by atoms with Gasteiger partial charge in [0.05, 0.1) is 0 Å². The van der Waals surface area contributed by atoms with Crippen LogP contribution in [0.25, 0.3) is 0 Å². The van der Waals surface area contributed by atoms with E-state index in [0.717, 1.165) is 0 Å². The van der Waals surface area contributed by atoms with Crippen LogP contribution >= 0.6 is 0 Å². The summed E-state index contributed by atoms with van der Waals surface area (Å²) in [5.74, 6) is 0. The predicted molar refractivity (Wildman–Crippen MR) is 163 cm³/mol. The number of hydrogen-bond donors (Lipinski definition) is 0. The smallest absolute Gasteiger partial charge is 0.101 e. The van der Waals surface area contributed by atoms with Crippen molar-refractivity contribution >= 4 is 0 Å². The fourth-order valence-corrected chi connectivity index (χ4v) is 5.89. The van der Waals surface area contributed by atoms with Crippen LogP contribution in [0.4, 0.5) is 0 Å². The van der Waals surface area contributed by atoms with E-state index >= 15 is 0 Å². The molecule has 1 unspecified atom stereocenters. The van der Waals surface area contributed by atoms with Gasteiger partial charge in [-0.05, 0) is 33.1 Å². The Balaban J connectivity index is 1.98. The maximum absolute atomic E-state index is 2.65. The molecule has 0 radical (unpaired) electrons. The first kappa shape index (κ1) is 33.4. The molecule has 0 spiro atoms. The summed E-state index contributed by atoms with van der Waals surface area (Å²) in [5, 5.41) is 0. The Labute approximate surface area is 229 Å². The number of hydrogen-bond acceptors (Lipinski definition) is 2. The molecule has 1 aliphatic rings. The van der Waals surface area contributed by atoms with Crippen molar-refractivity contribution in [2.75, 3.05) is 6.54 Å². The highest BCUT2D eigenvalue weighted by Gasteiger charge is 2.26. The Morgan fingerprint density at radius 3 is 1.22 bits per heavy atom. The minimum absolute atomic E-state index is 0.607. The van der Waals surface area contributed by atoms with Crippen LogP contribution in [0.3, 0.4) is 0 Å². The maximum atomic E-state index is 2.65. The quantitative estimate of drug-likeness (QED) is 0.103. The predicted octanol–water partition coefficient (Wildman–Crippen LogP) is 11.6. The van der Waals surface area contributed by atoms with Crippen molar-refractivity contribution in [3.8, 4) is 0 Å². The van der Waals surface area contributed by atoms with E-state index in [9.17, 15) is 0 Å². The Morgan fingerprint density at radius 2 is 0.833 bits per heavy atom. The van der Waals surface area contributed by atoms with E-state index in [1.165, 1.54) is 167 Å². The summed E-state index contributed by atoms with van der Waals surface area (Å²) in [7, 11) is 0. The van der Waals surface area contributed by atoms with Gasteiger partial charge < -0.3 is 9.80 Å². The van der Waals surface area contributed by atoms with E-state index in [4.69, 9.17) is 0 Å². The van der Waals surface area contributed by atoms with Crippen LogP contribution in [-0.2, 0) is 0 Å². The SMILES string of the molecule is CCCCCCCCCCCCCCCCCCCC1N(CCCCCCCCC)C=CN1C(C)C. The summed E-state index contributed by atoms with van der Waals surface area (Å²) < 4.78 is 0. The summed E-state index contributed by atoms with van der Waals surface area (Å²) in [6.07, 6.45) is 41.2. The fraction of sp³-hybridized carbons (Fsp3) is 0.941.